The van der Waals surface area contributed by atoms with Crippen LogP contribution < -0.4 is 0 Å². The molecule has 0 spiro atoms. The third kappa shape index (κ3) is 5.26. The van der Waals surface area contributed by atoms with E-state index in [1.54, 1.807) is 0 Å². The van der Waals surface area contributed by atoms with E-state index in [9.17, 15) is 0 Å². The van der Waals surface area contributed by atoms with Crippen molar-refractivity contribution in [3.63, 3.8) is 0 Å². The molecule has 0 radical (unpaired) electrons. The van der Waals surface area contributed by atoms with Crippen LogP contribution in [0.25, 0.3) is 55.5 Å². The Balaban J connectivity index is 1.58. The average Bonchev–Trinajstić information content (AvgIpc) is 3.55. The van der Waals surface area contributed by atoms with Crippen LogP contribution in [0.15, 0.2) is 66.7 Å². The van der Waals surface area contributed by atoms with Gasteiger partial charge < -0.3 is 9.13 Å². The molecule has 0 saturated heterocycles. The SMILES string of the molecule is CC(C)c1ccc2c(n1)c1nc(C(C)C)ccc1n2-c1cc(-n2c3ccc(C(C)C)nc3c3nc(C(C)C)ccc32)cc(C(C)(C)C)c1. The van der Waals surface area contributed by atoms with Gasteiger partial charge in [0.2, 0.25) is 0 Å². The number of rotatable bonds is 6. The Labute approximate surface area is 284 Å². The molecular formula is C42H48N6. The smallest absolute Gasteiger partial charge is 0.115 e. The lowest BCUT2D eigenvalue weighted by molar-refractivity contribution is 0.589. The lowest BCUT2D eigenvalue weighted by Gasteiger charge is -2.23. The summed E-state index contributed by atoms with van der Waals surface area (Å²) in [5, 5.41) is 0. The van der Waals surface area contributed by atoms with Crippen LogP contribution in [-0.4, -0.2) is 29.1 Å². The van der Waals surface area contributed by atoms with E-state index in [1.807, 2.05) is 0 Å². The monoisotopic (exact) mass is 636 g/mol. The first-order chi connectivity index (χ1) is 22.7. The highest BCUT2D eigenvalue weighted by atomic mass is 15.1. The van der Waals surface area contributed by atoms with E-state index in [-0.39, 0.29) is 5.41 Å². The van der Waals surface area contributed by atoms with Gasteiger partial charge in [-0.3, -0.25) is 0 Å². The van der Waals surface area contributed by atoms with E-state index in [0.717, 1.165) is 78.3 Å². The molecule has 6 heterocycles. The molecule has 0 aliphatic heterocycles. The summed E-state index contributed by atoms with van der Waals surface area (Å²) in [5.74, 6) is 1.28. The number of fused-ring (bicyclic) bond motifs is 6. The highest BCUT2D eigenvalue weighted by Crippen LogP contribution is 2.38. The molecule has 0 fully saturated rings. The van der Waals surface area contributed by atoms with Gasteiger partial charge in [-0.05, 0) is 101 Å². The van der Waals surface area contributed by atoms with Gasteiger partial charge in [0.1, 0.15) is 22.1 Å². The molecule has 246 valence electrons. The molecule has 0 bridgehead atoms. The molecule has 0 saturated carbocycles. The van der Waals surface area contributed by atoms with Crippen LogP contribution in [0.3, 0.4) is 0 Å². The fourth-order valence-corrected chi connectivity index (χ4v) is 6.67. The van der Waals surface area contributed by atoms with Gasteiger partial charge in [0, 0.05) is 34.2 Å². The zero-order valence-electron chi connectivity index (χ0n) is 30.3. The van der Waals surface area contributed by atoms with Crippen molar-refractivity contribution in [2.75, 3.05) is 0 Å². The maximum atomic E-state index is 5.21. The largest absolute Gasteiger partial charge is 0.306 e. The van der Waals surface area contributed by atoms with Crippen molar-refractivity contribution < 1.29 is 0 Å². The number of hydrogen-bond donors (Lipinski definition) is 0. The molecule has 0 atom stereocenters. The van der Waals surface area contributed by atoms with Crippen LogP contribution in [0, 0.1) is 0 Å². The second-order valence-electron chi connectivity index (χ2n) is 15.7. The van der Waals surface area contributed by atoms with Crippen molar-refractivity contribution >= 4 is 44.1 Å². The van der Waals surface area contributed by atoms with Crippen LogP contribution in [0.5, 0.6) is 0 Å². The predicted molar refractivity (Wildman–Crippen MR) is 201 cm³/mol. The maximum absolute atomic E-state index is 5.21. The summed E-state index contributed by atoms with van der Waals surface area (Å²) in [5.41, 5.74) is 15.7. The third-order valence-corrected chi connectivity index (χ3v) is 9.65. The summed E-state index contributed by atoms with van der Waals surface area (Å²) < 4.78 is 4.71. The molecule has 6 aromatic heterocycles. The Bertz CT molecular complexity index is 2060. The normalized spacial score (nSPS) is 12.8. The van der Waals surface area contributed by atoms with E-state index < -0.39 is 0 Å². The lowest BCUT2D eigenvalue weighted by atomic mass is 9.86. The Morgan fingerprint density at radius 2 is 0.688 bits per heavy atom. The maximum Gasteiger partial charge on any atom is 0.115 e. The van der Waals surface area contributed by atoms with E-state index >= 15 is 0 Å². The van der Waals surface area contributed by atoms with Crippen molar-refractivity contribution in [3.8, 4) is 11.4 Å². The van der Waals surface area contributed by atoms with Gasteiger partial charge in [0.15, 0.2) is 0 Å². The van der Waals surface area contributed by atoms with Gasteiger partial charge in [-0.25, -0.2) is 19.9 Å². The number of nitrogens with zero attached hydrogens (tertiary/aromatic N) is 6. The fourth-order valence-electron chi connectivity index (χ4n) is 6.67. The summed E-state index contributed by atoms with van der Waals surface area (Å²) in [6, 6.07) is 24.6. The first kappa shape index (κ1) is 32.0. The molecule has 48 heavy (non-hydrogen) atoms. The van der Waals surface area contributed by atoms with Crippen molar-refractivity contribution in [1.82, 2.24) is 29.1 Å². The van der Waals surface area contributed by atoms with Crippen LogP contribution >= 0.6 is 0 Å². The highest BCUT2D eigenvalue weighted by Gasteiger charge is 2.24. The van der Waals surface area contributed by atoms with Crippen LogP contribution in [0.2, 0.25) is 0 Å². The molecule has 0 unspecified atom stereocenters. The van der Waals surface area contributed by atoms with E-state index in [4.69, 9.17) is 19.9 Å². The zero-order chi connectivity index (χ0) is 34.2. The van der Waals surface area contributed by atoms with Crippen LogP contribution in [-0.2, 0) is 5.41 Å². The zero-order valence-corrected chi connectivity index (χ0v) is 30.3. The quantitative estimate of drug-likeness (QED) is 0.182. The molecule has 6 heteroatoms. The van der Waals surface area contributed by atoms with E-state index in [0.29, 0.717) is 23.7 Å². The molecule has 0 aliphatic carbocycles. The van der Waals surface area contributed by atoms with Gasteiger partial charge in [-0.1, -0.05) is 76.2 Å². The Morgan fingerprint density at radius 3 is 0.917 bits per heavy atom. The van der Waals surface area contributed by atoms with Crippen LogP contribution in [0.1, 0.15) is 128 Å². The highest BCUT2D eigenvalue weighted by molar-refractivity contribution is 6.06. The summed E-state index contributed by atoms with van der Waals surface area (Å²) in [4.78, 5) is 20.9. The minimum Gasteiger partial charge on any atom is -0.306 e. The van der Waals surface area contributed by atoms with Gasteiger partial charge in [0.25, 0.3) is 0 Å². The minimum absolute atomic E-state index is 0.0967. The Morgan fingerprint density at radius 1 is 0.417 bits per heavy atom. The summed E-state index contributed by atoms with van der Waals surface area (Å²) in [6.45, 7) is 24.4. The number of aromatic nitrogens is 6. The molecule has 0 amide bonds. The lowest BCUT2D eigenvalue weighted by Crippen LogP contribution is -2.13. The number of pyridine rings is 4. The van der Waals surface area contributed by atoms with E-state index in [1.165, 1.54) is 5.56 Å². The second kappa shape index (κ2) is 11.5. The molecular weight excluding hydrogens is 589 g/mol. The molecule has 7 aromatic rings. The number of benzene rings is 1. The minimum atomic E-state index is -0.0967. The molecule has 0 N–H and O–H groups in total. The third-order valence-electron chi connectivity index (χ3n) is 9.65. The second-order valence-corrected chi connectivity index (χ2v) is 15.7. The van der Waals surface area contributed by atoms with Gasteiger partial charge >= 0.3 is 0 Å². The Kier molecular flexibility index (Phi) is 7.69. The summed E-state index contributed by atoms with van der Waals surface area (Å²) in [6.07, 6.45) is 0. The average molecular weight is 637 g/mol. The molecule has 0 aliphatic rings. The standard InChI is InChI=1S/C42H48N6/c1-23(2)30-12-16-34-38(43-30)39-35(17-13-31(44-39)24(3)4)47(34)28-20-27(42(9,10)11)21-29(22-28)48-36-18-14-32(25(5)6)45-40(36)41-37(48)19-15-33(46-41)26(7)8/h12-26H,1-11H3. The van der Waals surface area contributed by atoms with Gasteiger partial charge in [0.05, 0.1) is 22.1 Å². The molecule has 6 nitrogen and oxygen atoms in total. The first-order valence-corrected chi connectivity index (χ1v) is 17.5. The van der Waals surface area contributed by atoms with Crippen LogP contribution in [0.4, 0.5) is 0 Å². The van der Waals surface area contributed by atoms with Crippen molar-refractivity contribution in [2.45, 2.75) is 105 Å². The van der Waals surface area contributed by atoms with Crippen molar-refractivity contribution in [2.24, 2.45) is 0 Å². The summed E-state index contributed by atoms with van der Waals surface area (Å²) >= 11 is 0. The van der Waals surface area contributed by atoms with Crippen molar-refractivity contribution in [1.29, 1.82) is 0 Å². The first-order valence-electron chi connectivity index (χ1n) is 17.5. The fraction of sp³-hybridized carbons (Fsp3) is 0.381. The van der Waals surface area contributed by atoms with Gasteiger partial charge in [-0.2, -0.15) is 0 Å². The Hall–Kier alpha value is -4.58. The van der Waals surface area contributed by atoms with Gasteiger partial charge in [-0.15, -0.1) is 0 Å². The predicted octanol–water partition coefficient (Wildman–Crippen LogP) is 11.3. The topological polar surface area (TPSA) is 61.4 Å². The summed E-state index contributed by atoms with van der Waals surface area (Å²) in [7, 11) is 0. The van der Waals surface area contributed by atoms with E-state index in [2.05, 4.69) is 152 Å². The van der Waals surface area contributed by atoms with Crippen molar-refractivity contribution in [3.05, 3.63) is 95.1 Å². The molecule has 7 rings (SSSR count). The molecule has 1 aromatic carbocycles. The number of hydrogen-bond acceptors (Lipinski definition) is 4.